The van der Waals surface area contributed by atoms with Gasteiger partial charge in [-0.1, -0.05) is 0 Å². The van der Waals surface area contributed by atoms with Gasteiger partial charge in [-0.25, -0.2) is 0 Å². The summed E-state index contributed by atoms with van der Waals surface area (Å²) in [5.74, 6) is 0. The van der Waals surface area contributed by atoms with Crippen molar-refractivity contribution in [1.29, 1.82) is 0 Å². The molecule has 3 aromatic rings. The van der Waals surface area contributed by atoms with Crippen LogP contribution in [0.2, 0.25) is 0 Å². The van der Waals surface area contributed by atoms with Crippen LogP contribution >= 0.6 is 11.3 Å². The van der Waals surface area contributed by atoms with Gasteiger partial charge in [-0.3, -0.25) is 0 Å². The lowest BCUT2D eigenvalue weighted by Crippen LogP contribution is -1.81. The molecule has 0 amide bonds. The molecule has 2 aromatic heterocycles. The minimum absolute atomic E-state index is 0.966. The molecule has 62 valence electrons. The average molecular weight is 186 g/mol. The monoisotopic (exact) mass is 186 g/mol. The maximum Gasteiger partial charge on any atom is 0.0936 e. The second-order valence-corrected chi connectivity index (χ2v) is 3.81. The van der Waals surface area contributed by atoms with E-state index < -0.39 is 0 Å². The van der Waals surface area contributed by atoms with Crippen LogP contribution in [0, 0.1) is 0 Å². The van der Waals surface area contributed by atoms with Crippen molar-refractivity contribution in [3.63, 3.8) is 0 Å². The molecule has 0 fully saturated rings. The first-order chi connectivity index (χ1) is 6.45. The highest BCUT2D eigenvalue weighted by atomic mass is 32.1. The second kappa shape index (κ2) is 2.50. The van der Waals surface area contributed by atoms with Gasteiger partial charge in [-0.05, 0) is 29.6 Å². The van der Waals surface area contributed by atoms with Crippen molar-refractivity contribution in [3.05, 3.63) is 35.8 Å². The van der Waals surface area contributed by atoms with E-state index >= 15 is 0 Å². The number of benzene rings is 1. The summed E-state index contributed by atoms with van der Waals surface area (Å²) < 4.78 is 1.31. The van der Waals surface area contributed by atoms with Crippen LogP contribution in [0.3, 0.4) is 0 Å². The average Bonchev–Trinajstić information content (AvgIpc) is 2.65. The minimum Gasteiger partial charge on any atom is -0.159 e. The lowest BCUT2D eigenvalue weighted by atomic mass is 10.1. The molecule has 0 aliphatic heterocycles. The maximum atomic E-state index is 4.07. The molecule has 0 unspecified atom stereocenters. The van der Waals surface area contributed by atoms with Crippen LogP contribution < -0.4 is 0 Å². The van der Waals surface area contributed by atoms with Crippen molar-refractivity contribution in [1.82, 2.24) is 10.2 Å². The topological polar surface area (TPSA) is 25.8 Å². The van der Waals surface area contributed by atoms with Gasteiger partial charge in [-0.15, -0.1) is 11.3 Å². The van der Waals surface area contributed by atoms with Crippen LogP contribution in [0.25, 0.3) is 21.0 Å². The first-order valence-electron chi connectivity index (χ1n) is 4.03. The van der Waals surface area contributed by atoms with Crippen LogP contribution in [-0.2, 0) is 0 Å². The predicted octanol–water partition coefficient (Wildman–Crippen LogP) is 2.84. The Hall–Kier alpha value is -1.48. The summed E-state index contributed by atoms with van der Waals surface area (Å²) in [7, 11) is 0. The molecule has 0 N–H and O–H groups in total. The normalized spacial score (nSPS) is 11.1. The van der Waals surface area contributed by atoms with Crippen molar-refractivity contribution in [2.75, 3.05) is 0 Å². The van der Waals surface area contributed by atoms with Gasteiger partial charge >= 0.3 is 0 Å². The first-order valence-corrected chi connectivity index (χ1v) is 4.91. The highest BCUT2D eigenvalue weighted by Crippen LogP contribution is 2.27. The van der Waals surface area contributed by atoms with E-state index in [0.29, 0.717) is 0 Å². The third-order valence-corrected chi connectivity index (χ3v) is 3.01. The Morgan fingerprint density at radius 1 is 1.00 bits per heavy atom. The van der Waals surface area contributed by atoms with Gasteiger partial charge in [0.1, 0.15) is 0 Å². The van der Waals surface area contributed by atoms with E-state index in [1.807, 2.05) is 12.1 Å². The summed E-state index contributed by atoms with van der Waals surface area (Å²) in [6.07, 6.45) is 1.74. The summed E-state index contributed by atoms with van der Waals surface area (Å²) >= 11 is 1.75. The molecule has 3 heteroatoms. The number of thiophene rings is 1. The van der Waals surface area contributed by atoms with Gasteiger partial charge in [-0.2, -0.15) is 10.2 Å². The van der Waals surface area contributed by atoms with E-state index in [2.05, 4.69) is 27.7 Å². The summed E-state index contributed by atoms with van der Waals surface area (Å²) in [4.78, 5) is 0. The third kappa shape index (κ3) is 0.939. The Balaban J connectivity index is 2.65. The van der Waals surface area contributed by atoms with Crippen LogP contribution in [0.4, 0.5) is 0 Å². The van der Waals surface area contributed by atoms with Crippen molar-refractivity contribution in [2.45, 2.75) is 0 Å². The quantitative estimate of drug-likeness (QED) is 0.539. The number of hydrogen-bond donors (Lipinski definition) is 0. The van der Waals surface area contributed by atoms with E-state index in [1.165, 1.54) is 15.5 Å². The Labute approximate surface area is 78.8 Å². The molecular weight excluding hydrogens is 180 g/mol. The van der Waals surface area contributed by atoms with Gasteiger partial charge in [0.05, 0.1) is 11.7 Å². The van der Waals surface area contributed by atoms with E-state index in [9.17, 15) is 0 Å². The Bertz CT molecular complexity index is 571. The predicted molar refractivity (Wildman–Crippen MR) is 54.9 cm³/mol. The van der Waals surface area contributed by atoms with Crippen LogP contribution in [0.1, 0.15) is 0 Å². The fourth-order valence-electron chi connectivity index (χ4n) is 1.52. The molecule has 2 heterocycles. The highest BCUT2D eigenvalue weighted by molar-refractivity contribution is 7.17. The Morgan fingerprint density at radius 2 is 2.00 bits per heavy atom. The zero-order valence-corrected chi connectivity index (χ0v) is 7.58. The number of hydrogen-bond acceptors (Lipinski definition) is 3. The van der Waals surface area contributed by atoms with Crippen molar-refractivity contribution >= 4 is 32.3 Å². The van der Waals surface area contributed by atoms with E-state index in [1.54, 1.807) is 17.5 Å². The lowest BCUT2D eigenvalue weighted by molar-refractivity contribution is 1.08. The summed E-state index contributed by atoms with van der Waals surface area (Å²) in [5.41, 5.74) is 0.966. The van der Waals surface area contributed by atoms with Crippen LogP contribution in [0.5, 0.6) is 0 Å². The number of nitrogens with zero attached hydrogens (tertiary/aromatic N) is 2. The zero-order chi connectivity index (χ0) is 8.67. The van der Waals surface area contributed by atoms with Crippen molar-refractivity contribution in [2.24, 2.45) is 0 Å². The molecule has 0 spiro atoms. The van der Waals surface area contributed by atoms with Gasteiger partial charge in [0.25, 0.3) is 0 Å². The molecular formula is C10H6N2S. The summed E-state index contributed by atoms with van der Waals surface area (Å²) in [6, 6.07) is 8.25. The first kappa shape index (κ1) is 6.97. The molecule has 0 radical (unpaired) electrons. The lowest BCUT2D eigenvalue weighted by Gasteiger charge is -1.95. The molecule has 3 rings (SSSR count). The largest absolute Gasteiger partial charge is 0.159 e. The van der Waals surface area contributed by atoms with Crippen molar-refractivity contribution < 1.29 is 0 Å². The number of fused-ring (bicyclic) bond motifs is 3. The smallest absolute Gasteiger partial charge is 0.0936 e. The Morgan fingerprint density at radius 3 is 3.00 bits per heavy atom. The highest BCUT2D eigenvalue weighted by Gasteiger charge is 2.00. The zero-order valence-electron chi connectivity index (χ0n) is 6.77. The molecule has 1 aromatic carbocycles. The number of rotatable bonds is 0. The molecule has 0 saturated carbocycles. The van der Waals surface area contributed by atoms with E-state index in [4.69, 9.17) is 0 Å². The van der Waals surface area contributed by atoms with Gasteiger partial charge in [0.2, 0.25) is 0 Å². The molecule has 0 saturated heterocycles. The standard InChI is InChI=1S/C10H6N2S/c1-2-10-8(4-6-13-10)7-3-5-11-12-9(1)7/h1-6H. The van der Waals surface area contributed by atoms with Gasteiger partial charge in [0.15, 0.2) is 0 Å². The second-order valence-electron chi connectivity index (χ2n) is 2.86. The molecule has 13 heavy (non-hydrogen) atoms. The van der Waals surface area contributed by atoms with Crippen LogP contribution in [0.15, 0.2) is 35.8 Å². The fraction of sp³-hybridized carbons (Fsp3) is 0. The number of aromatic nitrogens is 2. The fourth-order valence-corrected chi connectivity index (χ4v) is 2.32. The molecule has 0 aliphatic rings. The molecule has 2 nitrogen and oxygen atoms in total. The van der Waals surface area contributed by atoms with Gasteiger partial charge in [0, 0.05) is 15.5 Å². The van der Waals surface area contributed by atoms with E-state index in [-0.39, 0.29) is 0 Å². The van der Waals surface area contributed by atoms with Crippen LogP contribution in [-0.4, -0.2) is 10.2 Å². The minimum atomic E-state index is 0.966. The summed E-state index contributed by atoms with van der Waals surface area (Å²) in [6.45, 7) is 0. The van der Waals surface area contributed by atoms with Crippen molar-refractivity contribution in [3.8, 4) is 0 Å². The maximum absolute atomic E-state index is 4.07. The third-order valence-electron chi connectivity index (χ3n) is 2.13. The van der Waals surface area contributed by atoms with E-state index in [0.717, 1.165) is 5.52 Å². The molecule has 0 bridgehead atoms. The Kier molecular flexibility index (Phi) is 1.34. The molecule has 0 aliphatic carbocycles. The van der Waals surface area contributed by atoms with Gasteiger partial charge < -0.3 is 0 Å². The summed E-state index contributed by atoms with van der Waals surface area (Å²) in [5, 5.41) is 12.5. The SMILES string of the molecule is c1cc2c(ccc3sccc32)nn1. The molecule has 0 atom stereocenters.